The van der Waals surface area contributed by atoms with E-state index in [9.17, 15) is 31.9 Å². The molecule has 0 fully saturated rings. The summed E-state index contributed by atoms with van der Waals surface area (Å²) in [6, 6.07) is 22.9. The normalized spacial score (nSPS) is 10.6. The molecule has 0 saturated heterocycles. The number of nitrogens with zero attached hydrogens (tertiary/aromatic N) is 2. The number of aromatic nitrogens is 2. The minimum atomic E-state index is -2.50. The van der Waals surface area contributed by atoms with Crippen LogP contribution < -0.4 is 25.8 Å². The van der Waals surface area contributed by atoms with E-state index in [0.717, 1.165) is 28.0 Å². The molecule has 260 valence electrons. The first kappa shape index (κ1) is 37.9. The van der Waals surface area contributed by atoms with E-state index in [1.165, 1.54) is 36.1 Å². The van der Waals surface area contributed by atoms with Crippen molar-refractivity contribution in [2.24, 2.45) is 0 Å². The van der Waals surface area contributed by atoms with E-state index in [0.29, 0.717) is 23.8 Å². The quantitative estimate of drug-likeness (QED) is 0.164. The second-order valence-electron chi connectivity index (χ2n) is 10.7. The first-order chi connectivity index (χ1) is 23.3. The van der Waals surface area contributed by atoms with Crippen molar-refractivity contribution in [1.29, 1.82) is 0 Å². The summed E-state index contributed by atoms with van der Waals surface area (Å²) in [5.41, 5.74) is 1.81. The van der Waals surface area contributed by atoms with Crippen molar-refractivity contribution in [3.63, 3.8) is 0 Å². The fourth-order valence-electron chi connectivity index (χ4n) is 4.18. The van der Waals surface area contributed by atoms with Gasteiger partial charge in [-0.15, -0.1) is 0 Å². The summed E-state index contributed by atoms with van der Waals surface area (Å²) in [4.78, 5) is 34.1. The molecule has 0 saturated carbocycles. The molecule has 3 aromatic heterocycles. The highest BCUT2D eigenvalue weighted by atomic mass is 19.3. The SMILES string of the molecule is Cc1cc(=O)c(O)cn1CC(F)F.Cc1cc(=O)c(OCc2ccccc2)cn1CC(F)F.Cc1cc(=O)c(OCc2ccccc2)co1. The van der Waals surface area contributed by atoms with Gasteiger partial charge in [-0.2, -0.15) is 0 Å². The number of aryl methyl sites for hydroxylation is 3. The fourth-order valence-corrected chi connectivity index (χ4v) is 4.18. The molecule has 0 aliphatic rings. The predicted octanol–water partition coefficient (Wildman–Crippen LogP) is 6.66. The summed E-state index contributed by atoms with van der Waals surface area (Å²) >= 11 is 0. The molecule has 1 N–H and O–H groups in total. The third-order valence-electron chi connectivity index (χ3n) is 6.71. The predicted molar refractivity (Wildman–Crippen MR) is 176 cm³/mol. The Hall–Kier alpha value is -5.59. The van der Waals surface area contributed by atoms with Gasteiger partial charge in [0.2, 0.25) is 22.0 Å². The maximum Gasteiger partial charge on any atom is 0.256 e. The molecule has 0 spiro atoms. The summed E-state index contributed by atoms with van der Waals surface area (Å²) in [6.07, 6.45) is -1.27. The number of hydrogen-bond donors (Lipinski definition) is 1. The van der Waals surface area contributed by atoms with E-state index in [-0.39, 0.29) is 29.0 Å². The van der Waals surface area contributed by atoms with Crippen LogP contribution in [-0.2, 0) is 26.3 Å². The second kappa shape index (κ2) is 18.7. The van der Waals surface area contributed by atoms with Crippen LogP contribution in [0.5, 0.6) is 17.2 Å². The topological polar surface area (TPSA) is 113 Å². The Morgan fingerprint density at radius 1 is 0.653 bits per heavy atom. The summed E-state index contributed by atoms with van der Waals surface area (Å²) in [5.74, 6) is 0.401. The van der Waals surface area contributed by atoms with Crippen molar-refractivity contribution in [3.8, 4) is 17.2 Å². The zero-order valence-corrected chi connectivity index (χ0v) is 27.0. The van der Waals surface area contributed by atoms with Crippen LogP contribution >= 0.6 is 0 Å². The first-order valence-electron chi connectivity index (χ1n) is 14.9. The Bertz CT molecular complexity index is 1940. The molecular weight excluding hydrogens is 648 g/mol. The average molecular weight is 685 g/mol. The fraction of sp³-hybridized carbons (Fsp3) is 0.250. The molecule has 0 unspecified atom stereocenters. The molecule has 9 nitrogen and oxygen atoms in total. The minimum Gasteiger partial charge on any atom is -0.503 e. The average Bonchev–Trinajstić information content (AvgIpc) is 3.05. The van der Waals surface area contributed by atoms with E-state index in [1.54, 1.807) is 13.8 Å². The molecule has 0 radical (unpaired) electrons. The molecule has 2 aromatic carbocycles. The summed E-state index contributed by atoms with van der Waals surface area (Å²) in [6.45, 7) is 4.51. The number of halogens is 4. The highest BCUT2D eigenvalue weighted by Crippen LogP contribution is 2.12. The summed E-state index contributed by atoms with van der Waals surface area (Å²) < 4.78 is 67.2. The Balaban J connectivity index is 0.000000204. The van der Waals surface area contributed by atoms with Gasteiger partial charge >= 0.3 is 0 Å². The van der Waals surface area contributed by atoms with Crippen LogP contribution in [0.3, 0.4) is 0 Å². The van der Waals surface area contributed by atoms with Crippen molar-refractivity contribution in [2.45, 2.75) is 59.9 Å². The molecule has 0 amide bonds. The van der Waals surface area contributed by atoms with Gasteiger partial charge in [-0.1, -0.05) is 60.7 Å². The number of pyridine rings is 2. The number of ether oxygens (including phenoxy) is 2. The van der Waals surface area contributed by atoms with Gasteiger partial charge in [0.05, 0.1) is 25.5 Å². The lowest BCUT2D eigenvalue weighted by Crippen LogP contribution is -2.16. The van der Waals surface area contributed by atoms with Crippen LogP contribution in [-0.4, -0.2) is 27.1 Å². The first-order valence-corrected chi connectivity index (χ1v) is 14.9. The smallest absolute Gasteiger partial charge is 0.256 e. The summed E-state index contributed by atoms with van der Waals surface area (Å²) in [7, 11) is 0. The number of alkyl halides is 4. The minimum absolute atomic E-state index is 0.0834. The van der Waals surface area contributed by atoms with Crippen molar-refractivity contribution in [1.82, 2.24) is 9.13 Å². The maximum atomic E-state index is 12.4. The molecule has 0 atom stereocenters. The zero-order chi connectivity index (χ0) is 35.9. The van der Waals surface area contributed by atoms with E-state index < -0.39 is 37.1 Å². The Labute approximate surface area is 279 Å². The third kappa shape index (κ3) is 12.9. The molecule has 13 heteroatoms. The lowest BCUT2D eigenvalue weighted by Gasteiger charge is -2.12. The Kier molecular flexibility index (Phi) is 14.4. The van der Waals surface area contributed by atoms with Gasteiger partial charge in [0.15, 0.2) is 11.5 Å². The van der Waals surface area contributed by atoms with E-state index in [2.05, 4.69) is 0 Å². The molecule has 0 bridgehead atoms. The molecule has 5 aromatic rings. The molecule has 49 heavy (non-hydrogen) atoms. The third-order valence-corrected chi connectivity index (χ3v) is 6.71. The zero-order valence-electron chi connectivity index (χ0n) is 27.0. The molecular formula is C36H36F4N2O7. The van der Waals surface area contributed by atoms with Crippen LogP contribution in [0.1, 0.15) is 28.3 Å². The van der Waals surface area contributed by atoms with Gasteiger partial charge in [-0.3, -0.25) is 14.4 Å². The van der Waals surface area contributed by atoms with Crippen LogP contribution in [0.25, 0.3) is 0 Å². The molecule has 3 heterocycles. The van der Waals surface area contributed by atoms with E-state index >= 15 is 0 Å². The molecule has 0 aliphatic heterocycles. The standard InChI is InChI=1S/C15H15F2NO2.C13H12O3.C8H9F2NO2/c1-11-7-13(19)14(8-18(11)9-15(16)17)20-10-12-5-3-2-4-6-12;1-10-7-12(14)13(9-15-10)16-8-11-5-3-2-4-6-11;1-5-2-6(12)7(13)3-11(5)4-8(9)10/h2-8,15H,9-10H2,1H3;2-7,9H,8H2,1H3;2-3,8,13H,4H2,1H3. The maximum absolute atomic E-state index is 12.4. The highest BCUT2D eigenvalue weighted by molar-refractivity contribution is 5.23. The van der Waals surface area contributed by atoms with E-state index in [4.69, 9.17) is 19.0 Å². The van der Waals surface area contributed by atoms with Crippen LogP contribution in [0, 0.1) is 20.8 Å². The Morgan fingerprint density at radius 3 is 1.59 bits per heavy atom. The van der Waals surface area contributed by atoms with E-state index in [1.807, 2.05) is 60.7 Å². The van der Waals surface area contributed by atoms with Gasteiger partial charge in [0.1, 0.15) is 25.2 Å². The molecule has 0 aliphatic carbocycles. The monoisotopic (exact) mass is 684 g/mol. The number of hydrogen-bond acceptors (Lipinski definition) is 7. The van der Waals surface area contributed by atoms with Crippen molar-refractivity contribution < 1.29 is 36.6 Å². The van der Waals surface area contributed by atoms with Gasteiger partial charge in [0.25, 0.3) is 12.9 Å². The van der Waals surface area contributed by atoms with Gasteiger partial charge in [-0.05, 0) is 31.9 Å². The van der Waals surface area contributed by atoms with Crippen LogP contribution in [0.2, 0.25) is 0 Å². The van der Waals surface area contributed by atoms with Crippen LogP contribution in [0.15, 0.2) is 116 Å². The Morgan fingerprint density at radius 2 is 1.10 bits per heavy atom. The van der Waals surface area contributed by atoms with Gasteiger partial charge in [0, 0.05) is 29.6 Å². The van der Waals surface area contributed by atoms with Crippen LogP contribution in [0.4, 0.5) is 17.6 Å². The highest BCUT2D eigenvalue weighted by Gasteiger charge is 2.10. The number of rotatable bonds is 10. The van der Waals surface area contributed by atoms with Crippen molar-refractivity contribution in [3.05, 3.63) is 156 Å². The van der Waals surface area contributed by atoms with Gasteiger partial charge in [-0.25, -0.2) is 17.6 Å². The van der Waals surface area contributed by atoms with Crippen molar-refractivity contribution in [2.75, 3.05) is 0 Å². The second-order valence-corrected chi connectivity index (χ2v) is 10.7. The van der Waals surface area contributed by atoms with Gasteiger partial charge < -0.3 is 28.1 Å². The lowest BCUT2D eigenvalue weighted by molar-refractivity contribution is 0.124. The van der Waals surface area contributed by atoms with Crippen molar-refractivity contribution >= 4 is 0 Å². The molecule has 5 rings (SSSR count). The lowest BCUT2D eigenvalue weighted by atomic mass is 10.2. The number of benzene rings is 2. The summed E-state index contributed by atoms with van der Waals surface area (Å²) in [5, 5.41) is 8.96. The number of aromatic hydroxyl groups is 1. The largest absolute Gasteiger partial charge is 0.503 e.